The zero-order valence-corrected chi connectivity index (χ0v) is 10.6. The van der Waals surface area contributed by atoms with Gasteiger partial charge in [0, 0.05) is 51.2 Å². The van der Waals surface area contributed by atoms with Crippen LogP contribution in [0, 0.1) is 5.92 Å². The van der Waals surface area contributed by atoms with Crippen LogP contribution in [0.4, 0.5) is 11.5 Å². The van der Waals surface area contributed by atoms with E-state index in [1.165, 1.54) is 25.2 Å². The molecule has 0 saturated carbocycles. The van der Waals surface area contributed by atoms with Gasteiger partial charge in [-0.2, -0.15) is 0 Å². The lowest BCUT2D eigenvalue weighted by atomic mass is 9.83. The smallest absolute Gasteiger partial charge is 0.130 e. The van der Waals surface area contributed by atoms with E-state index >= 15 is 0 Å². The fourth-order valence-electron chi connectivity index (χ4n) is 2.83. The van der Waals surface area contributed by atoms with E-state index < -0.39 is 0 Å². The van der Waals surface area contributed by atoms with Crippen molar-refractivity contribution in [3.05, 3.63) is 18.3 Å². The van der Waals surface area contributed by atoms with E-state index in [0.717, 1.165) is 18.3 Å². The molecule has 4 heteroatoms. The molecule has 3 heterocycles. The quantitative estimate of drug-likeness (QED) is 0.822. The predicted molar refractivity (Wildman–Crippen MR) is 70.7 cm³/mol. The second-order valence-electron chi connectivity index (χ2n) is 5.24. The highest BCUT2D eigenvalue weighted by atomic mass is 15.3. The average molecular weight is 232 g/mol. The Morgan fingerprint density at radius 2 is 2.35 bits per heavy atom. The maximum atomic E-state index is 4.51. The number of rotatable bonds is 2. The van der Waals surface area contributed by atoms with Gasteiger partial charge in [0.1, 0.15) is 5.82 Å². The highest BCUT2D eigenvalue weighted by Crippen LogP contribution is 2.34. The van der Waals surface area contributed by atoms with Crippen molar-refractivity contribution in [2.45, 2.75) is 12.5 Å². The van der Waals surface area contributed by atoms with Crippen molar-refractivity contribution in [1.29, 1.82) is 0 Å². The summed E-state index contributed by atoms with van der Waals surface area (Å²) in [5.74, 6) is 2.00. The first-order valence-electron chi connectivity index (χ1n) is 6.36. The average Bonchev–Trinajstić information content (AvgIpc) is 2.31. The van der Waals surface area contributed by atoms with Crippen molar-refractivity contribution in [3.63, 3.8) is 0 Å². The van der Waals surface area contributed by atoms with E-state index in [2.05, 4.69) is 46.3 Å². The minimum atomic E-state index is 0.661. The Morgan fingerprint density at radius 3 is 3.12 bits per heavy atom. The second kappa shape index (κ2) is 4.18. The van der Waals surface area contributed by atoms with Crippen LogP contribution in [0.2, 0.25) is 0 Å². The van der Waals surface area contributed by atoms with E-state index in [0.29, 0.717) is 6.04 Å². The van der Waals surface area contributed by atoms with E-state index in [1.807, 2.05) is 6.20 Å². The minimum Gasteiger partial charge on any atom is -0.378 e. The molecular weight excluding hydrogens is 212 g/mol. The molecule has 0 aromatic carbocycles. The molecule has 1 N–H and O–H groups in total. The van der Waals surface area contributed by atoms with Crippen LogP contribution in [-0.2, 0) is 0 Å². The van der Waals surface area contributed by atoms with Gasteiger partial charge in [0.05, 0.1) is 0 Å². The standard InChI is InChI=1S/C13H20N4/c1-16(2)11-4-6-15-13(7-11)17-9-10-3-5-14-8-12(10)17/h4,6-7,10,12,14H,3,5,8-9H2,1-2H3/t10-,12-/m0/s1. The SMILES string of the molecule is CN(C)c1ccnc(N2C[C@@H]3CCNC[C@@H]32)c1. The zero-order chi connectivity index (χ0) is 11.8. The van der Waals surface area contributed by atoms with E-state index in [4.69, 9.17) is 0 Å². The largest absolute Gasteiger partial charge is 0.378 e. The molecule has 4 nitrogen and oxygen atoms in total. The van der Waals surface area contributed by atoms with Crippen LogP contribution < -0.4 is 15.1 Å². The number of hydrogen-bond acceptors (Lipinski definition) is 4. The van der Waals surface area contributed by atoms with Crippen molar-refractivity contribution < 1.29 is 0 Å². The molecule has 2 aliphatic rings. The Hall–Kier alpha value is -1.29. The third kappa shape index (κ3) is 1.86. The number of anilines is 2. The number of pyridine rings is 1. The predicted octanol–water partition coefficient (Wildman–Crippen LogP) is 0.946. The van der Waals surface area contributed by atoms with Gasteiger partial charge in [0.2, 0.25) is 0 Å². The monoisotopic (exact) mass is 232 g/mol. The zero-order valence-electron chi connectivity index (χ0n) is 10.6. The summed E-state index contributed by atoms with van der Waals surface area (Å²) in [6.45, 7) is 3.47. The van der Waals surface area contributed by atoms with Crippen molar-refractivity contribution >= 4 is 11.5 Å². The molecule has 0 radical (unpaired) electrons. The summed E-state index contributed by atoms with van der Waals surface area (Å²) in [5, 5.41) is 3.47. The Balaban J connectivity index is 1.78. The fourth-order valence-corrected chi connectivity index (χ4v) is 2.83. The van der Waals surface area contributed by atoms with Crippen LogP contribution in [0.3, 0.4) is 0 Å². The third-order valence-corrected chi connectivity index (χ3v) is 3.96. The Bertz CT molecular complexity index is 404. The van der Waals surface area contributed by atoms with E-state index in [1.54, 1.807) is 0 Å². The second-order valence-corrected chi connectivity index (χ2v) is 5.24. The van der Waals surface area contributed by atoms with Gasteiger partial charge in [-0.25, -0.2) is 4.98 Å². The first-order valence-corrected chi connectivity index (χ1v) is 6.36. The lowest BCUT2D eigenvalue weighted by Gasteiger charge is -2.51. The van der Waals surface area contributed by atoms with Gasteiger partial charge < -0.3 is 15.1 Å². The molecule has 0 bridgehead atoms. The fraction of sp³-hybridized carbons (Fsp3) is 0.615. The first-order chi connectivity index (χ1) is 8.25. The van der Waals surface area contributed by atoms with Crippen molar-refractivity contribution in [2.75, 3.05) is 43.5 Å². The number of hydrogen-bond donors (Lipinski definition) is 1. The lowest BCUT2D eigenvalue weighted by Crippen LogP contribution is -2.63. The van der Waals surface area contributed by atoms with E-state index in [9.17, 15) is 0 Å². The number of piperidine rings is 1. The Labute approximate surface area is 103 Å². The molecule has 3 rings (SSSR count). The highest BCUT2D eigenvalue weighted by Gasteiger charge is 2.40. The number of nitrogens with one attached hydrogen (secondary N) is 1. The molecule has 17 heavy (non-hydrogen) atoms. The van der Waals surface area contributed by atoms with Gasteiger partial charge in [-0.3, -0.25) is 0 Å². The van der Waals surface area contributed by atoms with Crippen LogP contribution >= 0.6 is 0 Å². The molecule has 0 spiro atoms. The molecule has 92 valence electrons. The van der Waals surface area contributed by atoms with Crippen LogP contribution in [0.1, 0.15) is 6.42 Å². The highest BCUT2D eigenvalue weighted by molar-refractivity contribution is 5.56. The molecule has 2 fully saturated rings. The Kier molecular flexibility index (Phi) is 2.67. The van der Waals surface area contributed by atoms with Gasteiger partial charge in [0.15, 0.2) is 0 Å². The lowest BCUT2D eigenvalue weighted by molar-refractivity contribution is 0.227. The molecular formula is C13H20N4. The van der Waals surface area contributed by atoms with Crippen LogP contribution in [-0.4, -0.2) is 44.8 Å². The molecule has 2 saturated heterocycles. The maximum absolute atomic E-state index is 4.51. The maximum Gasteiger partial charge on any atom is 0.130 e. The minimum absolute atomic E-state index is 0.661. The summed E-state index contributed by atoms with van der Waals surface area (Å²) < 4.78 is 0. The summed E-state index contributed by atoms with van der Waals surface area (Å²) in [6, 6.07) is 4.90. The normalized spacial score (nSPS) is 27.3. The molecule has 1 aromatic rings. The van der Waals surface area contributed by atoms with Gasteiger partial charge in [-0.1, -0.05) is 0 Å². The van der Waals surface area contributed by atoms with Crippen LogP contribution in [0.5, 0.6) is 0 Å². The molecule has 2 aliphatic heterocycles. The first kappa shape index (κ1) is 10.8. The summed E-state index contributed by atoms with van der Waals surface area (Å²) >= 11 is 0. The molecule has 1 aromatic heterocycles. The van der Waals surface area contributed by atoms with Crippen molar-refractivity contribution in [2.24, 2.45) is 5.92 Å². The van der Waals surface area contributed by atoms with Gasteiger partial charge >= 0.3 is 0 Å². The van der Waals surface area contributed by atoms with Crippen LogP contribution in [0.15, 0.2) is 18.3 Å². The van der Waals surface area contributed by atoms with Crippen molar-refractivity contribution in [3.8, 4) is 0 Å². The van der Waals surface area contributed by atoms with Gasteiger partial charge in [-0.05, 0) is 24.9 Å². The summed E-state index contributed by atoms with van der Waals surface area (Å²) in [5.41, 5.74) is 1.22. The van der Waals surface area contributed by atoms with Gasteiger partial charge in [0.25, 0.3) is 0 Å². The molecule has 0 unspecified atom stereocenters. The summed E-state index contributed by atoms with van der Waals surface area (Å²) in [6.07, 6.45) is 3.22. The van der Waals surface area contributed by atoms with E-state index in [-0.39, 0.29) is 0 Å². The molecule has 2 atom stereocenters. The number of nitrogens with zero attached hydrogens (tertiary/aromatic N) is 3. The number of aromatic nitrogens is 1. The Morgan fingerprint density at radius 1 is 1.47 bits per heavy atom. The van der Waals surface area contributed by atoms with Crippen LogP contribution in [0.25, 0.3) is 0 Å². The summed E-state index contributed by atoms with van der Waals surface area (Å²) in [7, 11) is 4.14. The number of fused-ring (bicyclic) bond motifs is 1. The topological polar surface area (TPSA) is 31.4 Å². The molecule has 0 amide bonds. The third-order valence-electron chi connectivity index (χ3n) is 3.96. The molecule has 0 aliphatic carbocycles. The van der Waals surface area contributed by atoms with Crippen molar-refractivity contribution in [1.82, 2.24) is 10.3 Å². The van der Waals surface area contributed by atoms with Gasteiger partial charge in [-0.15, -0.1) is 0 Å². The summed E-state index contributed by atoms with van der Waals surface area (Å²) in [4.78, 5) is 9.07.